The van der Waals surface area contributed by atoms with Gasteiger partial charge in [-0.3, -0.25) is 0 Å². The molecule has 0 aliphatic carbocycles. The van der Waals surface area contributed by atoms with Crippen LogP contribution in [0.5, 0.6) is 0 Å². The van der Waals surface area contributed by atoms with Crippen LogP contribution >= 0.6 is 15.9 Å². The molecule has 0 fully saturated rings. The van der Waals surface area contributed by atoms with Crippen molar-refractivity contribution in [3.05, 3.63) is 58.6 Å². The average Bonchev–Trinajstić information content (AvgIpc) is 2.76. The van der Waals surface area contributed by atoms with E-state index in [4.69, 9.17) is 0 Å². The van der Waals surface area contributed by atoms with Crippen LogP contribution in [0.4, 0.5) is 0 Å². The Hall–Kier alpha value is -0.631. The van der Waals surface area contributed by atoms with Crippen LogP contribution in [0.1, 0.15) is 10.4 Å². The van der Waals surface area contributed by atoms with E-state index in [2.05, 4.69) is 15.9 Å². The zero-order valence-corrected chi connectivity index (χ0v) is 10.0. The van der Waals surface area contributed by atoms with Crippen LogP contribution < -0.4 is 0 Å². The monoisotopic (exact) mass is 292 g/mol. The zero-order chi connectivity index (χ0) is 9.52. The first-order chi connectivity index (χ1) is 6.33. The van der Waals surface area contributed by atoms with Crippen molar-refractivity contribution in [2.45, 2.75) is 0 Å². The van der Waals surface area contributed by atoms with Crippen LogP contribution in [0.25, 0.3) is 0 Å². The van der Waals surface area contributed by atoms with Gasteiger partial charge in [0.15, 0.2) is 0 Å². The Morgan fingerprint density at radius 1 is 0.929 bits per heavy atom. The van der Waals surface area contributed by atoms with E-state index in [1.807, 2.05) is 36.4 Å². The van der Waals surface area contributed by atoms with Crippen molar-refractivity contribution < 1.29 is 21.9 Å². The Labute approximate surface area is 102 Å². The minimum Gasteiger partial charge on any atom is -0.312 e. The molecule has 0 atom stereocenters. The summed E-state index contributed by atoms with van der Waals surface area (Å²) in [6, 6.07) is 15.2. The molecule has 0 aliphatic rings. The Bertz CT molecular complexity index is 324. The summed E-state index contributed by atoms with van der Waals surface area (Å²) in [5.74, 6) is 0. The van der Waals surface area contributed by atoms with Gasteiger partial charge in [-0.1, -0.05) is 10.0 Å². The molecular formula is C11H9BrFeO. The second-order valence-electron chi connectivity index (χ2n) is 2.44. The van der Waals surface area contributed by atoms with Crippen LogP contribution in [0.15, 0.2) is 53.0 Å². The molecule has 74 valence electrons. The molecule has 0 saturated heterocycles. The van der Waals surface area contributed by atoms with E-state index in [0.29, 0.717) is 0 Å². The summed E-state index contributed by atoms with van der Waals surface area (Å²) < 4.78 is 1.16. The summed E-state index contributed by atoms with van der Waals surface area (Å²) in [6.07, 6.45) is 0.833. The van der Waals surface area contributed by atoms with Gasteiger partial charge in [0.05, 0.1) is 6.29 Å². The second-order valence-corrected chi connectivity index (χ2v) is 3.35. The molecule has 0 amide bonds. The first-order valence-electron chi connectivity index (χ1n) is 3.87. The van der Waals surface area contributed by atoms with Gasteiger partial charge in [0.1, 0.15) is 0 Å². The number of carbonyl (C=O) groups excluding carboxylic acids is 1. The van der Waals surface area contributed by atoms with E-state index in [1.54, 1.807) is 12.1 Å². The smallest absolute Gasteiger partial charge is 0.312 e. The molecule has 0 radical (unpaired) electrons. The van der Waals surface area contributed by atoms with Crippen molar-refractivity contribution in [1.82, 2.24) is 0 Å². The van der Waals surface area contributed by atoms with E-state index in [1.165, 1.54) is 0 Å². The molecule has 0 heterocycles. The van der Waals surface area contributed by atoms with Crippen LogP contribution in [-0.4, -0.2) is 6.29 Å². The molecule has 0 aliphatic heterocycles. The van der Waals surface area contributed by atoms with Gasteiger partial charge >= 0.3 is 17.1 Å². The SMILES string of the molecule is Br[c-]1cccc1.O=C[c-]1cccc1.[Fe+2]. The fourth-order valence-electron chi connectivity index (χ4n) is 0.818. The minimum atomic E-state index is 0. The number of rotatable bonds is 1. The van der Waals surface area contributed by atoms with Crippen molar-refractivity contribution in [3.63, 3.8) is 0 Å². The van der Waals surface area contributed by atoms with E-state index >= 15 is 0 Å². The largest absolute Gasteiger partial charge is 2.00 e. The average molecular weight is 293 g/mol. The van der Waals surface area contributed by atoms with Gasteiger partial charge in [0.2, 0.25) is 0 Å². The molecule has 1 nitrogen and oxygen atoms in total. The van der Waals surface area contributed by atoms with E-state index in [9.17, 15) is 4.79 Å². The summed E-state index contributed by atoms with van der Waals surface area (Å²) in [6.45, 7) is 0. The van der Waals surface area contributed by atoms with Crippen molar-refractivity contribution in [3.8, 4) is 0 Å². The maximum absolute atomic E-state index is 9.87. The fraction of sp³-hybridized carbons (Fsp3) is 0. The van der Waals surface area contributed by atoms with Crippen molar-refractivity contribution in [1.29, 1.82) is 0 Å². The van der Waals surface area contributed by atoms with E-state index in [0.717, 1.165) is 16.3 Å². The Morgan fingerprint density at radius 3 is 1.57 bits per heavy atom. The van der Waals surface area contributed by atoms with Gasteiger partial charge in [-0.05, 0) is 0 Å². The van der Waals surface area contributed by atoms with Gasteiger partial charge in [-0.25, -0.2) is 24.3 Å². The first kappa shape index (κ1) is 13.4. The molecule has 2 aromatic rings. The molecule has 14 heavy (non-hydrogen) atoms. The van der Waals surface area contributed by atoms with Crippen LogP contribution in [0.3, 0.4) is 0 Å². The Morgan fingerprint density at radius 2 is 1.36 bits per heavy atom. The normalized spacial score (nSPS) is 8.07. The van der Waals surface area contributed by atoms with Gasteiger partial charge in [0.25, 0.3) is 0 Å². The summed E-state index contributed by atoms with van der Waals surface area (Å²) in [5.41, 5.74) is 0.750. The summed E-state index contributed by atoms with van der Waals surface area (Å²) in [7, 11) is 0. The quantitative estimate of drug-likeness (QED) is 0.447. The molecule has 0 aromatic heterocycles. The van der Waals surface area contributed by atoms with Gasteiger partial charge < -0.3 is 4.79 Å². The fourth-order valence-corrected chi connectivity index (χ4v) is 1.12. The predicted molar refractivity (Wildman–Crippen MR) is 57.2 cm³/mol. The third-order valence-corrected chi connectivity index (χ3v) is 1.98. The maximum atomic E-state index is 9.87. The molecule has 0 N–H and O–H groups in total. The van der Waals surface area contributed by atoms with E-state index < -0.39 is 0 Å². The minimum absolute atomic E-state index is 0. The Kier molecular flexibility index (Phi) is 7.39. The van der Waals surface area contributed by atoms with Crippen molar-refractivity contribution >= 4 is 22.2 Å². The van der Waals surface area contributed by atoms with Crippen molar-refractivity contribution in [2.24, 2.45) is 0 Å². The molecule has 0 saturated carbocycles. The number of halogens is 1. The van der Waals surface area contributed by atoms with Crippen LogP contribution in [0, 0.1) is 0 Å². The van der Waals surface area contributed by atoms with Crippen LogP contribution in [-0.2, 0) is 17.1 Å². The van der Waals surface area contributed by atoms with E-state index in [-0.39, 0.29) is 17.1 Å². The van der Waals surface area contributed by atoms with Gasteiger partial charge in [-0.2, -0.15) is 24.3 Å². The summed E-state index contributed by atoms with van der Waals surface area (Å²) in [5, 5.41) is 0. The molecule has 2 aromatic carbocycles. The zero-order valence-electron chi connectivity index (χ0n) is 7.34. The number of aldehydes is 1. The number of hydrogen-bond acceptors (Lipinski definition) is 1. The molecule has 0 spiro atoms. The summed E-state index contributed by atoms with van der Waals surface area (Å²) >= 11 is 3.28. The van der Waals surface area contributed by atoms with Gasteiger partial charge in [-0.15, -0.1) is 15.9 Å². The molecule has 0 bridgehead atoms. The first-order valence-corrected chi connectivity index (χ1v) is 4.66. The van der Waals surface area contributed by atoms with Gasteiger partial charge in [0, 0.05) is 0 Å². The van der Waals surface area contributed by atoms with Crippen molar-refractivity contribution in [2.75, 3.05) is 0 Å². The molecule has 3 heteroatoms. The Balaban J connectivity index is 0.000000227. The number of hydrogen-bond donors (Lipinski definition) is 0. The molecule has 0 unspecified atom stereocenters. The third kappa shape index (κ3) is 5.18. The standard InChI is InChI=1S/C6H5O.C5H4Br.Fe/c7-5-6-3-1-2-4-6;6-5-3-1-2-4-5;/h1-5H;1-4H;/q2*-1;+2. The topological polar surface area (TPSA) is 17.1 Å². The predicted octanol–water partition coefficient (Wildman–Crippen LogP) is 3.38. The third-order valence-electron chi connectivity index (χ3n) is 1.45. The van der Waals surface area contributed by atoms with Crippen LogP contribution in [0.2, 0.25) is 0 Å². The molecule has 2 rings (SSSR count). The second kappa shape index (κ2) is 7.74. The maximum Gasteiger partial charge on any atom is 2.00 e. The number of carbonyl (C=O) groups is 1. The summed E-state index contributed by atoms with van der Waals surface area (Å²) in [4.78, 5) is 9.87. The molecular weight excluding hydrogens is 284 g/mol.